The molecule has 1 unspecified atom stereocenters. The number of amides is 3. The van der Waals surface area contributed by atoms with Crippen LogP contribution in [0.25, 0.3) is 0 Å². The lowest BCUT2D eigenvalue weighted by Crippen LogP contribution is -2.50. The van der Waals surface area contributed by atoms with Crippen molar-refractivity contribution in [2.45, 2.75) is 90.8 Å². The van der Waals surface area contributed by atoms with E-state index in [4.69, 9.17) is 4.74 Å². The van der Waals surface area contributed by atoms with Gasteiger partial charge in [0, 0.05) is 12.6 Å². The highest BCUT2D eigenvalue weighted by atomic mass is 16.6. The Morgan fingerprint density at radius 3 is 2.42 bits per heavy atom. The summed E-state index contributed by atoms with van der Waals surface area (Å²) in [5, 5.41) is 15.6. The highest BCUT2D eigenvalue weighted by Crippen LogP contribution is 2.28. The van der Waals surface area contributed by atoms with Crippen molar-refractivity contribution in [3.8, 4) is 5.75 Å². The van der Waals surface area contributed by atoms with E-state index in [1.165, 1.54) is 11.3 Å². The summed E-state index contributed by atoms with van der Waals surface area (Å²) >= 11 is 0. The third kappa shape index (κ3) is 8.26. The average molecular weight is 462 g/mol. The second kappa shape index (κ2) is 11.9. The molecule has 0 bridgehead atoms. The second-order valence-electron chi connectivity index (χ2n) is 9.73. The number of alkyl carbamates (subject to hydrolysis) is 1. The predicted octanol–water partition coefficient (Wildman–Crippen LogP) is 3.95. The Bertz CT molecular complexity index is 828. The number of aromatic hydroxyl groups is 1. The van der Waals surface area contributed by atoms with E-state index < -0.39 is 17.7 Å². The second-order valence-corrected chi connectivity index (χ2v) is 9.73. The molecule has 1 aliphatic rings. The summed E-state index contributed by atoms with van der Waals surface area (Å²) < 4.78 is 5.22. The maximum absolute atomic E-state index is 13.5. The zero-order valence-corrected chi connectivity index (χ0v) is 20.6. The predicted molar refractivity (Wildman–Crippen MR) is 127 cm³/mol. The fraction of sp³-hybridized carbons (Fsp3) is 0.640. The van der Waals surface area contributed by atoms with Gasteiger partial charge in [0.25, 0.3) is 0 Å². The monoisotopic (exact) mass is 461 g/mol. The van der Waals surface area contributed by atoms with Crippen molar-refractivity contribution in [1.29, 1.82) is 0 Å². The molecule has 0 heterocycles. The summed E-state index contributed by atoms with van der Waals surface area (Å²) in [7, 11) is 0. The van der Waals surface area contributed by atoms with Crippen molar-refractivity contribution in [3.05, 3.63) is 29.3 Å². The van der Waals surface area contributed by atoms with E-state index in [-0.39, 0.29) is 30.2 Å². The molecule has 1 aromatic carbocycles. The minimum atomic E-state index is -0.862. The Morgan fingerprint density at radius 1 is 1.18 bits per heavy atom. The molecule has 1 atom stereocenters. The van der Waals surface area contributed by atoms with Crippen LogP contribution in [0.5, 0.6) is 5.75 Å². The molecule has 0 saturated heterocycles. The number of hydrogen-bond acceptors (Lipinski definition) is 5. The first-order chi connectivity index (χ1) is 15.5. The van der Waals surface area contributed by atoms with Crippen LogP contribution in [0.3, 0.4) is 0 Å². The Balaban J connectivity index is 2.27. The van der Waals surface area contributed by atoms with Gasteiger partial charge in [-0.2, -0.15) is 0 Å². The number of benzene rings is 1. The fourth-order valence-electron chi connectivity index (χ4n) is 4.05. The number of rotatable bonds is 8. The molecule has 33 heavy (non-hydrogen) atoms. The SMILES string of the molecule is CCCN(C(=O)CNC(=O)OC(C)(C)C)C(C(=O)NC1CCCCC1)c1ccc(O)c(C)c1. The molecular formula is C25H39N3O5. The zero-order valence-electron chi connectivity index (χ0n) is 20.6. The van der Waals surface area contributed by atoms with Crippen LogP contribution in [-0.4, -0.2) is 52.6 Å². The van der Waals surface area contributed by atoms with Crippen LogP contribution < -0.4 is 10.6 Å². The summed E-state index contributed by atoms with van der Waals surface area (Å²) in [5.74, 6) is -0.492. The van der Waals surface area contributed by atoms with Crippen molar-refractivity contribution < 1.29 is 24.2 Å². The van der Waals surface area contributed by atoms with Crippen LogP contribution in [0.4, 0.5) is 4.79 Å². The maximum atomic E-state index is 13.5. The van der Waals surface area contributed by atoms with E-state index in [9.17, 15) is 19.5 Å². The third-order valence-electron chi connectivity index (χ3n) is 5.62. The lowest BCUT2D eigenvalue weighted by molar-refractivity contribution is -0.140. The van der Waals surface area contributed by atoms with Gasteiger partial charge in [-0.1, -0.05) is 32.3 Å². The Labute approximate surface area is 197 Å². The number of nitrogens with one attached hydrogen (secondary N) is 2. The van der Waals surface area contributed by atoms with Gasteiger partial charge < -0.3 is 25.4 Å². The van der Waals surface area contributed by atoms with Gasteiger partial charge in [0.05, 0.1) is 0 Å². The topological polar surface area (TPSA) is 108 Å². The summed E-state index contributed by atoms with van der Waals surface area (Å²) in [6.07, 6.45) is 5.13. The lowest BCUT2D eigenvalue weighted by atomic mass is 9.94. The number of aryl methyl sites for hydroxylation is 1. The van der Waals surface area contributed by atoms with Crippen molar-refractivity contribution in [2.24, 2.45) is 0 Å². The first-order valence-corrected chi connectivity index (χ1v) is 11.9. The minimum Gasteiger partial charge on any atom is -0.508 e. The Kier molecular flexibility index (Phi) is 9.56. The van der Waals surface area contributed by atoms with Gasteiger partial charge in [0.2, 0.25) is 11.8 Å². The van der Waals surface area contributed by atoms with Crippen molar-refractivity contribution >= 4 is 17.9 Å². The number of phenolic OH excluding ortho intramolecular Hbond substituents is 1. The van der Waals surface area contributed by atoms with Crippen molar-refractivity contribution in [1.82, 2.24) is 15.5 Å². The van der Waals surface area contributed by atoms with Crippen molar-refractivity contribution in [2.75, 3.05) is 13.1 Å². The molecule has 3 N–H and O–H groups in total. The highest BCUT2D eigenvalue weighted by molar-refractivity contribution is 5.90. The first kappa shape index (κ1) is 26.5. The lowest BCUT2D eigenvalue weighted by Gasteiger charge is -2.33. The van der Waals surface area contributed by atoms with Crippen molar-refractivity contribution in [3.63, 3.8) is 0 Å². The number of carbonyl (C=O) groups excluding carboxylic acids is 3. The molecule has 0 aliphatic heterocycles. The molecule has 8 heteroatoms. The maximum Gasteiger partial charge on any atom is 0.408 e. The number of nitrogens with zero attached hydrogens (tertiary/aromatic N) is 1. The van der Waals surface area contributed by atoms with Gasteiger partial charge in [0.15, 0.2) is 0 Å². The summed E-state index contributed by atoms with van der Waals surface area (Å²) in [5.41, 5.74) is 0.568. The molecule has 184 valence electrons. The normalized spacial score (nSPS) is 15.4. The van der Waals surface area contributed by atoms with E-state index in [2.05, 4.69) is 10.6 Å². The third-order valence-corrected chi connectivity index (χ3v) is 5.62. The van der Waals surface area contributed by atoms with Gasteiger partial charge in [0.1, 0.15) is 23.9 Å². The average Bonchev–Trinajstić information content (AvgIpc) is 2.73. The van der Waals surface area contributed by atoms with Gasteiger partial charge in [-0.15, -0.1) is 0 Å². The van der Waals surface area contributed by atoms with E-state index in [0.29, 0.717) is 24.1 Å². The number of carbonyl (C=O) groups is 3. The molecule has 1 aromatic rings. The van der Waals surface area contributed by atoms with E-state index in [1.807, 2.05) is 6.92 Å². The summed E-state index contributed by atoms with van der Waals surface area (Å²) in [6.45, 7) is 8.99. The molecule has 1 aliphatic carbocycles. The molecule has 0 aromatic heterocycles. The number of phenols is 1. The van der Waals surface area contributed by atoms with Crippen LogP contribution in [0.15, 0.2) is 18.2 Å². The summed E-state index contributed by atoms with van der Waals surface area (Å²) in [6, 6.07) is 4.17. The van der Waals surface area contributed by atoms with E-state index in [1.54, 1.807) is 45.9 Å². The van der Waals surface area contributed by atoms with Crippen LogP contribution in [0.2, 0.25) is 0 Å². The summed E-state index contributed by atoms with van der Waals surface area (Å²) in [4.78, 5) is 40.2. The quantitative estimate of drug-likeness (QED) is 0.543. The molecular weight excluding hydrogens is 422 g/mol. The molecule has 1 saturated carbocycles. The number of ether oxygens (including phenoxy) is 1. The largest absolute Gasteiger partial charge is 0.508 e. The highest BCUT2D eigenvalue weighted by Gasteiger charge is 2.33. The van der Waals surface area contributed by atoms with Crippen LogP contribution in [0, 0.1) is 6.92 Å². The van der Waals surface area contributed by atoms with E-state index in [0.717, 1.165) is 25.7 Å². The molecule has 3 amide bonds. The van der Waals surface area contributed by atoms with Crippen LogP contribution in [0.1, 0.15) is 83.4 Å². The molecule has 2 rings (SSSR count). The number of hydrogen-bond donors (Lipinski definition) is 3. The smallest absolute Gasteiger partial charge is 0.408 e. The molecule has 1 fully saturated rings. The van der Waals surface area contributed by atoms with Gasteiger partial charge in [-0.3, -0.25) is 9.59 Å². The zero-order chi connectivity index (χ0) is 24.6. The molecule has 0 radical (unpaired) electrons. The molecule has 8 nitrogen and oxygen atoms in total. The van der Waals surface area contributed by atoms with Gasteiger partial charge >= 0.3 is 6.09 Å². The van der Waals surface area contributed by atoms with Gasteiger partial charge in [-0.25, -0.2) is 4.79 Å². The first-order valence-electron chi connectivity index (χ1n) is 11.9. The standard InChI is InChI=1S/C25H39N3O5/c1-6-14-28(21(30)16-26-24(32)33-25(3,4)5)22(18-12-13-20(29)17(2)15-18)23(31)27-19-10-8-7-9-11-19/h12-13,15,19,22,29H,6-11,14,16H2,1-5H3,(H,26,32)(H,27,31). The van der Waals surface area contributed by atoms with Crippen LogP contribution in [-0.2, 0) is 14.3 Å². The minimum absolute atomic E-state index is 0.0884. The molecule has 0 spiro atoms. The van der Waals surface area contributed by atoms with E-state index >= 15 is 0 Å². The van der Waals surface area contributed by atoms with Crippen LogP contribution >= 0.6 is 0 Å². The Hall–Kier alpha value is -2.77. The fourth-order valence-corrected chi connectivity index (χ4v) is 4.05. The van der Waals surface area contributed by atoms with Gasteiger partial charge in [-0.05, 0) is 70.2 Å². The Morgan fingerprint density at radius 2 is 1.85 bits per heavy atom.